The Morgan fingerprint density at radius 1 is 1.42 bits per heavy atom. The van der Waals surface area contributed by atoms with Gasteiger partial charge in [0.25, 0.3) is 0 Å². The number of carbonyl (C=O) groups excluding carboxylic acids is 1. The Bertz CT molecular complexity index is 163. The van der Waals surface area contributed by atoms with Crippen LogP contribution in [0.3, 0.4) is 0 Å². The van der Waals surface area contributed by atoms with Crippen LogP contribution in [0.25, 0.3) is 0 Å². The lowest BCUT2D eigenvalue weighted by molar-refractivity contribution is -0.148. The van der Waals surface area contributed by atoms with Crippen LogP contribution < -0.4 is 0 Å². The Labute approximate surface area is 74.3 Å². The monoisotopic (exact) mass is 170 g/mol. The minimum Gasteiger partial charge on any atom is -0.462 e. The molecule has 0 bridgehead atoms. The topological polar surface area (TPSA) is 26.3 Å². The lowest BCUT2D eigenvalue weighted by Crippen LogP contribution is -2.24. The van der Waals surface area contributed by atoms with Gasteiger partial charge in [-0.1, -0.05) is 13.8 Å². The molecule has 0 aliphatic heterocycles. The van der Waals surface area contributed by atoms with Gasteiger partial charge in [-0.15, -0.1) is 0 Å². The van der Waals surface area contributed by atoms with Crippen LogP contribution in [0.2, 0.25) is 0 Å². The van der Waals surface area contributed by atoms with Crippen molar-refractivity contribution in [1.82, 2.24) is 0 Å². The molecule has 12 heavy (non-hydrogen) atoms. The normalized spacial score (nSPS) is 29.3. The summed E-state index contributed by atoms with van der Waals surface area (Å²) in [5.41, 5.74) is 0. The van der Waals surface area contributed by atoms with Crippen molar-refractivity contribution in [2.24, 2.45) is 11.8 Å². The smallest absolute Gasteiger partial charge is 0.302 e. The third kappa shape index (κ3) is 2.23. The van der Waals surface area contributed by atoms with Crippen LogP contribution in [0.4, 0.5) is 0 Å². The third-order valence-corrected chi connectivity index (χ3v) is 2.68. The van der Waals surface area contributed by atoms with Crippen molar-refractivity contribution in [3.8, 4) is 0 Å². The highest BCUT2D eigenvalue weighted by Crippen LogP contribution is 2.33. The molecule has 0 radical (unpaired) electrons. The quantitative estimate of drug-likeness (QED) is 0.595. The largest absolute Gasteiger partial charge is 0.462 e. The molecular formula is C10H18O2. The molecule has 1 rings (SSSR count). The van der Waals surface area contributed by atoms with Gasteiger partial charge in [-0.05, 0) is 31.1 Å². The van der Waals surface area contributed by atoms with E-state index in [9.17, 15) is 4.79 Å². The van der Waals surface area contributed by atoms with Crippen molar-refractivity contribution < 1.29 is 9.53 Å². The minimum atomic E-state index is -0.132. The molecule has 0 heterocycles. The summed E-state index contributed by atoms with van der Waals surface area (Å²) < 4.78 is 5.25. The number of ether oxygens (including phenoxy) is 1. The Hall–Kier alpha value is -0.530. The van der Waals surface area contributed by atoms with Crippen molar-refractivity contribution in [3.63, 3.8) is 0 Å². The first kappa shape index (κ1) is 9.56. The predicted molar refractivity (Wildman–Crippen MR) is 47.7 cm³/mol. The van der Waals surface area contributed by atoms with E-state index in [1.54, 1.807) is 0 Å². The van der Waals surface area contributed by atoms with E-state index in [4.69, 9.17) is 4.74 Å². The van der Waals surface area contributed by atoms with Crippen LogP contribution in [-0.2, 0) is 9.53 Å². The van der Waals surface area contributed by atoms with E-state index in [0.29, 0.717) is 11.8 Å². The Balaban J connectivity index is 2.46. The molecule has 1 fully saturated rings. The van der Waals surface area contributed by atoms with E-state index < -0.39 is 0 Å². The van der Waals surface area contributed by atoms with Crippen molar-refractivity contribution in [3.05, 3.63) is 0 Å². The van der Waals surface area contributed by atoms with Gasteiger partial charge >= 0.3 is 5.97 Å². The highest BCUT2D eigenvalue weighted by atomic mass is 16.5. The second-order valence-electron chi connectivity index (χ2n) is 3.99. The zero-order valence-corrected chi connectivity index (χ0v) is 8.17. The van der Waals surface area contributed by atoms with Crippen molar-refractivity contribution in [2.45, 2.75) is 46.1 Å². The minimum absolute atomic E-state index is 0.132. The molecule has 0 amide bonds. The Kier molecular flexibility index (Phi) is 3.12. The van der Waals surface area contributed by atoms with E-state index in [1.807, 2.05) is 0 Å². The second-order valence-corrected chi connectivity index (χ2v) is 3.99. The van der Waals surface area contributed by atoms with E-state index in [1.165, 1.54) is 19.8 Å². The van der Waals surface area contributed by atoms with Crippen LogP contribution >= 0.6 is 0 Å². The maximum Gasteiger partial charge on any atom is 0.302 e. The van der Waals surface area contributed by atoms with E-state index in [2.05, 4.69) is 13.8 Å². The summed E-state index contributed by atoms with van der Waals surface area (Å²) in [5, 5.41) is 0. The van der Waals surface area contributed by atoms with Crippen molar-refractivity contribution in [1.29, 1.82) is 0 Å². The maximum absolute atomic E-state index is 10.7. The maximum atomic E-state index is 10.7. The van der Waals surface area contributed by atoms with Gasteiger partial charge in [0.15, 0.2) is 0 Å². The van der Waals surface area contributed by atoms with Crippen LogP contribution in [0, 0.1) is 11.8 Å². The van der Waals surface area contributed by atoms with Crippen LogP contribution in [0.1, 0.15) is 40.0 Å². The van der Waals surface area contributed by atoms with Gasteiger partial charge in [0.05, 0.1) is 0 Å². The molecule has 2 heteroatoms. The summed E-state index contributed by atoms with van der Waals surface area (Å²) >= 11 is 0. The predicted octanol–water partition coefficient (Wildman–Crippen LogP) is 2.37. The molecule has 0 aromatic rings. The Morgan fingerprint density at radius 2 is 2.08 bits per heavy atom. The summed E-state index contributed by atoms with van der Waals surface area (Å²) in [7, 11) is 0. The van der Waals surface area contributed by atoms with E-state index in [0.717, 1.165) is 6.42 Å². The Morgan fingerprint density at radius 3 is 2.58 bits per heavy atom. The van der Waals surface area contributed by atoms with Crippen molar-refractivity contribution in [2.75, 3.05) is 0 Å². The first-order valence-corrected chi connectivity index (χ1v) is 4.78. The molecule has 0 spiro atoms. The SMILES string of the molecule is CC(=O)OC1CCCC1C(C)C. The molecule has 2 unspecified atom stereocenters. The molecule has 0 aromatic carbocycles. The van der Waals surface area contributed by atoms with E-state index in [-0.39, 0.29) is 12.1 Å². The molecule has 1 aliphatic rings. The second kappa shape index (κ2) is 3.92. The average molecular weight is 170 g/mol. The van der Waals surface area contributed by atoms with Gasteiger partial charge in [0.2, 0.25) is 0 Å². The summed E-state index contributed by atoms with van der Waals surface area (Å²) in [6.45, 7) is 5.90. The lowest BCUT2D eigenvalue weighted by Gasteiger charge is -2.22. The van der Waals surface area contributed by atoms with E-state index >= 15 is 0 Å². The molecule has 0 N–H and O–H groups in total. The van der Waals surface area contributed by atoms with Crippen LogP contribution in [-0.4, -0.2) is 12.1 Å². The molecule has 2 nitrogen and oxygen atoms in total. The fourth-order valence-electron chi connectivity index (χ4n) is 2.08. The van der Waals surface area contributed by atoms with Gasteiger partial charge < -0.3 is 4.74 Å². The first-order valence-electron chi connectivity index (χ1n) is 4.78. The van der Waals surface area contributed by atoms with Crippen LogP contribution in [0.15, 0.2) is 0 Å². The van der Waals surface area contributed by atoms with Gasteiger partial charge in [-0.25, -0.2) is 0 Å². The fourth-order valence-corrected chi connectivity index (χ4v) is 2.08. The zero-order valence-electron chi connectivity index (χ0n) is 8.17. The average Bonchev–Trinajstić information content (AvgIpc) is 2.33. The molecular weight excluding hydrogens is 152 g/mol. The third-order valence-electron chi connectivity index (χ3n) is 2.68. The molecule has 2 atom stereocenters. The molecule has 70 valence electrons. The van der Waals surface area contributed by atoms with Crippen molar-refractivity contribution >= 4 is 5.97 Å². The number of esters is 1. The number of hydrogen-bond acceptors (Lipinski definition) is 2. The number of rotatable bonds is 2. The van der Waals surface area contributed by atoms with Gasteiger partial charge in [0, 0.05) is 6.92 Å². The van der Waals surface area contributed by atoms with Gasteiger partial charge in [-0.2, -0.15) is 0 Å². The van der Waals surface area contributed by atoms with Gasteiger partial charge in [0.1, 0.15) is 6.10 Å². The number of carbonyl (C=O) groups is 1. The summed E-state index contributed by atoms with van der Waals surface area (Å²) in [6, 6.07) is 0. The summed E-state index contributed by atoms with van der Waals surface area (Å²) in [6.07, 6.45) is 3.68. The molecule has 1 saturated carbocycles. The summed E-state index contributed by atoms with van der Waals surface area (Å²) in [5.74, 6) is 1.10. The number of hydrogen-bond donors (Lipinski definition) is 0. The van der Waals surface area contributed by atoms with Gasteiger partial charge in [-0.3, -0.25) is 4.79 Å². The highest BCUT2D eigenvalue weighted by Gasteiger charge is 2.31. The van der Waals surface area contributed by atoms with Crippen LogP contribution in [0.5, 0.6) is 0 Å². The standard InChI is InChI=1S/C10H18O2/c1-7(2)9-5-4-6-10(9)12-8(3)11/h7,9-10H,4-6H2,1-3H3. The molecule has 1 aliphatic carbocycles. The fraction of sp³-hybridized carbons (Fsp3) is 0.900. The zero-order chi connectivity index (χ0) is 9.14. The first-order chi connectivity index (χ1) is 5.61. The molecule has 0 saturated heterocycles. The highest BCUT2D eigenvalue weighted by molar-refractivity contribution is 5.66. The lowest BCUT2D eigenvalue weighted by atomic mass is 9.92. The molecule has 0 aromatic heterocycles. The summed E-state index contributed by atoms with van der Waals surface area (Å²) in [4.78, 5) is 10.7.